The van der Waals surface area contributed by atoms with Crippen molar-refractivity contribution in [2.24, 2.45) is 10.8 Å². The first-order valence-corrected chi connectivity index (χ1v) is 22.1. The molecule has 0 aliphatic heterocycles. The number of fused-ring (bicyclic) bond motifs is 2. The molecule has 0 spiro atoms. The first-order valence-electron chi connectivity index (χ1n) is 13.8. The van der Waals surface area contributed by atoms with E-state index in [4.69, 9.17) is 17.0 Å². The molecule has 0 saturated heterocycles. The van der Waals surface area contributed by atoms with E-state index in [1.807, 2.05) is 0 Å². The summed E-state index contributed by atoms with van der Waals surface area (Å²) >= 11 is -0.826. The number of hydrogen-bond donors (Lipinski definition) is 0. The summed E-state index contributed by atoms with van der Waals surface area (Å²) in [7, 11) is 11.0. The Labute approximate surface area is 264 Å². The molecule has 0 amide bonds. The predicted molar refractivity (Wildman–Crippen MR) is 175 cm³/mol. The van der Waals surface area contributed by atoms with Gasteiger partial charge in [0.15, 0.2) is 0 Å². The van der Waals surface area contributed by atoms with Crippen LogP contribution in [0.15, 0.2) is 97.1 Å². The van der Waals surface area contributed by atoms with Crippen LogP contribution in [0.2, 0.25) is 13.1 Å². The van der Waals surface area contributed by atoms with Gasteiger partial charge in [0.1, 0.15) is 0 Å². The molecule has 0 fully saturated rings. The monoisotopic (exact) mass is 660 g/mol. The van der Waals surface area contributed by atoms with Gasteiger partial charge >= 0.3 is 37.9 Å². The maximum atomic E-state index is 4.93. The van der Waals surface area contributed by atoms with Crippen molar-refractivity contribution < 1.29 is 20.8 Å². The fourth-order valence-corrected chi connectivity index (χ4v) is 5.51. The zero-order valence-corrected chi connectivity index (χ0v) is 29.5. The molecule has 0 heterocycles. The van der Waals surface area contributed by atoms with Crippen molar-refractivity contribution in [3.05, 3.63) is 132 Å². The summed E-state index contributed by atoms with van der Waals surface area (Å²) < 4.78 is 0. The second-order valence-electron chi connectivity index (χ2n) is 11.7. The number of rotatable bonds is 2. The molecule has 0 unspecified atom stereocenters. The van der Waals surface area contributed by atoms with Gasteiger partial charge in [-0.25, -0.2) is 0 Å². The number of benzene rings is 4. The van der Waals surface area contributed by atoms with Crippen LogP contribution in [0.5, 0.6) is 0 Å². The Balaban J connectivity index is 0.000000185. The van der Waals surface area contributed by atoms with Gasteiger partial charge in [0.2, 0.25) is 0 Å². The standard InChI is InChI=1S/2C17H17.C2H6Si.2ClH.Zr/c2*1-17(2)11-14-9-6-10-15(16(14)12-17)13-7-4-3-5-8-13;1-3-2;;;/h2*3-11H,12H2,1-2H3;1-2H3;2*1H;/q2*-1;;;;+4/p-2. The fourth-order valence-electron chi connectivity index (χ4n) is 5.51. The molecule has 0 N–H and O–H groups in total. The van der Waals surface area contributed by atoms with E-state index < -0.39 is 20.8 Å². The summed E-state index contributed by atoms with van der Waals surface area (Å²) in [5.41, 5.74) is 11.9. The first kappa shape index (κ1) is 32.8. The van der Waals surface area contributed by atoms with Crippen molar-refractivity contribution in [2.45, 2.75) is 53.6 Å². The van der Waals surface area contributed by atoms with Crippen molar-refractivity contribution in [3.8, 4) is 22.3 Å². The third-order valence-electron chi connectivity index (χ3n) is 6.95. The van der Waals surface area contributed by atoms with Crippen molar-refractivity contribution >= 4 is 26.5 Å². The van der Waals surface area contributed by atoms with E-state index in [1.54, 1.807) is 0 Å². The Morgan fingerprint density at radius 2 is 0.900 bits per heavy atom. The van der Waals surface area contributed by atoms with Crippen LogP contribution in [0.25, 0.3) is 22.3 Å². The van der Waals surface area contributed by atoms with E-state index in [0.29, 0.717) is 10.8 Å². The molecular formula is C36H40Cl2SiZr. The molecule has 4 heteroatoms. The quantitative estimate of drug-likeness (QED) is 0.148. The molecule has 0 bridgehead atoms. The first-order chi connectivity index (χ1) is 19.1. The Morgan fingerprint density at radius 1 is 0.575 bits per heavy atom. The third-order valence-corrected chi connectivity index (χ3v) is 6.95. The van der Waals surface area contributed by atoms with Crippen LogP contribution in [0.4, 0.5) is 0 Å². The van der Waals surface area contributed by atoms with Gasteiger partial charge in [-0.2, -0.15) is 36.1 Å². The second kappa shape index (κ2) is 15.5. The van der Waals surface area contributed by atoms with Gasteiger partial charge in [0.05, 0.1) is 0 Å². The molecule has 6 rings (SSSR count). The Bertz CT molecular complexity index is 1230. The summed E-state index contributed by atoms with van der Waals surface area (Å²) in [4.78, 5) is 0. The molecule has 2 aliphatic carbocycles. The second-order valence-corrected chi connectivity index (χ2v) is 16.4. The minimum absolute atomic E-state index is 0.299. The van der Waals surface area contributed by atoms with Crippen LogP contribution < -0.4 is 0 Å². The molecule has 0 saturated carbocycles. The van der Waals surface area contributed by atoms with E-state index >= 15 is 0 Å². The average molecular weight is 663 g/mol. The molecule has 2 radical (unpaired) electrons. The van der Waals surface area contributed by atoms with Crippen LogP contribution in [0, 0.1) is 23.7 Å². The fraction of sp³-hybridized carbons (Fsp3) is 0.278. The Hall–Kier alpha value is -1.70. The van der Waals surface area contributed by atoms with Gasteiger partial charge in [-0.3, -0.25) is 0 Å². The maximum absolute atomic E-state index is 4.93. The summed E-state index contributed by atoms with van der Waals surface area (Å²) in [6.07, 6.45) is 7.09. The normalized spacial score (nSPS) is 14.6. The topological polar surface area (TPSA) is 0 Å². The van der Waals surface area contributed by atoms with Crippen molar-refractivity contribution in [3.63, 3.8) is 0 Å². The van der Waals surface area contributed by atoms with Crippen molar-refractivity contribution in [1.29, 1.82) is 0 Å². The molecule has 0 aromatic heterocycles. The zero-order valence-electron chi connectivity index (χ0n) is 24.6. The van der Waals surface area contributed by atoms with Crippen LogP contribution in [-0.4, -0.2) is 9.52 Å². The van der Waals surface area contributed by atoms with Gasteiger partial charge in [-0.15, -0.1) is 23.3 Å². The zero-order chi connectivity index (χ0) is 29.2. The molecule has 206 valence electrons. The van der Waals surface area contributed by atoms with E-state index in [-0.39, 0.29) is 0 Å². The molecular weight excluding hydrogens is 623 g/mol. The summed E-state index contributed by atoms with van der Waals surface area (Å²) in [6, 6.07) is 34.6. The van der Waals surface area contributed by atoms with Crippen LogP contribution >= 0.6 is 17.0 Å². The molecule has 0 nitrogen and oxygen atoms in total. The minimum atomic E-state index is -0.826. The Kier molecular flexibility index (Phi) is 12.7. The van der Waals surface area contributed by atoms with Crippen molar-refractivity contribution in [1.82, 2.24) is 0 Å². The molecule has 4 aromatic rings. The van der Waals surface area contributed by atoms with E-state index in [1.165, 1.54) is 44.5 Å². The van der Waals surface area contributed by atoms with Gasteiger partial charge in [-0.05, 0) is 11.1 Å². The summed E-state index contributed by atoms with van der Waals surface area (Å²) in [5, 5.41) is 0. The van der Waals surface area contributed by atoms with Crippen LogP contribution in [0.3, 0.4) is 0 Å². The van der Waals surface area contributed by atoms with E-state index in [0.717, 1.165) is 22.4 Å². The average Bonchev–Trinajstić information content (AvgIpc) is 3.43. The Morgan fingerprint density at radius 3 is 1.23 bits per heavy atom. The molecule has 4 aromatic carbocycles. The summed E-state index contributed by atoms with van der Waals surface area (Å²) in [6.45, 7) is 13.5. The molecule has 0 atom stereocenters. The number of halogens is 2. The van der Waals surface area contributed by atoms with Gasteiger partial charge in [-0.1, -0.05) is 148 Å². The van der Waals surface area contributed by atoms with Gasteiger partial charge in [0, 0.05) is 9.52 Å². The predicted octanol–water partition coefficient (Wildman–Crippen LogP) is 11.1. The SMILES string of the molecule is CC1(C)[CH-]c2cccc(-c3ccccc3)c2C1.CC1(C)[CH-]c2cccc(-c3ccccc3)c2C1.C[Si]C.[Cl][Zr+2][Cl]. The molecule has 2 aliphatic rings. The molecule has 40 heavy (non-hydrogen) atoms. The van der Waals surface area contributed by atoms with Crippen molar-refractivity contribution in [2.75, 3.05) is 0 Å². The van der Waals surface area contributed by atoms with Crippen LogP contribution in [0.1, 0.15) is 49.9 Å². The summed E-state index contributed by atoms with van der Waals surface area (Å²) in [5.74, 6) is 0. The number of hydrogen-bond acceptors (Lipinski definition) is 0. The van der Waals surface area contributed by atoms with E-state index in [9.17, 15) is 0 Å². The van der Waals surface area contributed by atoms with Gasteiger partial charge < -0.3 is 0 Å². The van der Waals surface area contributed by atoms with E-state index in [2.05, 4.69) is 151 Å². The third kappa shape index (κ3) is 9.15. The van der Waals surface area contributed by atoms with Crippen LogP contribution in [-0.2, 0) is 33.7 Å². The van der Waals surface area contributed by atoms with Gasteiger partial charge in [0.25, 0.3) is 0 Å².